The Kier molecular flexibility index (Phi) is 3.50. The molecule has 0 aromatic carbocycles. The zero-order chi connectivity index (χ0) is 15.0. The number of methoxy groups -OCH3 is 1. The van der Waals surface area contributed by atoms with Gasteiger partial charge in [-0.3, -0.25) is 14.7 Å². The fourth-order valence-corrected chi connectivity index (χ4v) is 2.81. The molecule has 7 nitrogen and oxygen atoms in total. The minimum absolute atomic E-state index is 0.0927. The number of hydrogen-bond donors (Lipinski definition) is 1. The van der Waals surface area contributed by atoms with Crippen LogP contribution in [0.2, 0.25) is 0 Å². The van der Waals surface area contributed by atoms with Crippen molar-refractivity contribution in [3.8, 4) is 0 Å². The normalized spacial score (nSPS) is 18.6. The lowest BCUT2D eigenvalue weighted by atomic mass is 10.1. The molecule has 0 aliphatic carbocycles. The molecule has 21 heavy (non-hydrogen) atoms. The largest absolute Gasteiger partial charge is 0.384 e. The Morgan fingerprint density at radius 3 is 3.14 bits per heavy atom. The monoisotopic (exact) mass is 290 g/mol. The van der Waals surface area contributed by atoms with Crippen molar-refractivity contribution in [1.29, 1.82) is 0 Å². The van der Waals surface area contributed by atoms with E-state index < -0.39 is 0 Å². The minimum Gasteiger partial charge on any atom is -0.384 e. The first-order valence-corrected chi connectivity index (χ1v) is 6.96. The Labute approximate surface area is 121 Å². The van der Waals surface area contributed by atoms with E-state index in [-0.39, 0.29) is 11.5 Å². The van der Waals surface area contributed by atoms with E-state index >= 15 is 0 Å². The summed E-state index contributed by atoms with van der Waals surface area (Å²) in [6.07, 6.45) is 2.49. The van der Waals surface area contributed by atoms with Crippen LogP contribution in [0, 0.1) is 12.8 Å². The van der Waals surface area contributed by atoms with Crippen molar-refractivity contribution < 1.29 is 9.53 Å². The van der Waals surface area contributed by atoms with Gasteiger partial charge in [0.25, 0.3) is 11.5 Å². The van der Waals surface area contributed by atoms with Crippen molar-refractivity contribution in [2.45, 2.75) is 13.3 Å². The van der Waals surface area contributed by atoms with E-state index in [9.17, 15) is 9.59 Å². The van der Waals surface area contributed by atoms with E-state index in [1.165, 1.54) is 10.6 Å². The molecular formula is C14H18N4O3. The number of aromatic nitrogens is 3. The fourth-order valence-electron chi connectivity index (χ4n) is 2.81. The smallest absolute Gasteiger partial charge is 0.272 e. The van der Waals surface area contributed by atoms with Gasteiger partial charge in [-0.05, 0) is 13.3 Å². The molecule has 2 aromatic rings. The number of hydrogen-bond acceptors (Lipinski definition) is 4. The van der Waals surface area contributed by atoms with Crippen molar-refractivity contribution in [2.24, 2.45) is 5.92 Å². The number of aromatic amines is 1. The zero-order valence-electron chi connectivity index (χ0n) is 12.1. The second-order valence-electron chi connectivity index (χ2n) is 5.44. The van der Waals surface area contributed by atoms with Crippen molar-refractivity contribution in [3.63, 3.8) is 0 Å². The first-order valence-electron chi connectivity index (χ1n) is 6.96. The third kappa shape index (κ3) is 2.44. The lowest BCUT2D eigenvalue weighted by Crippen LogP contribution is -2.29. The summed E-state index contributed by atoms with van der Waals surface area (Å²) in [5.41, 5.74) is 1.22. The van der Waals surface area contributed by atoms with Crippen LogP contribution in [-0.2, 0) is 4.74 Å². The number of likely N-dealkylation sites (tertiary alicyclic amines) is 1. The van der Waals surface area contributed by atoms with Crippen molar-refractivity contribution in [2.75, 3.05) is 26.8 Å². The van der Waals surface area contributed by atoms with Crippen LogP contribution >= 0.6 is 0 Å². The summed E-state index contributed by atoms with van der Waals surface area (Å²) in [5, 5.41) is 2.79. The number of rotatable bonds is 3. The standard InChI is InChI=1S/C14H18N4O3/c1-9-5-12(19)18-13(16-9)11(6-15-18)14(20)17-4-3-10(7-17)8-21-2/h5-6,10,15H,3-4,7-8H2,1-2H3. The van der Waals surface area contributed by atoms with Gasteiger partial charge >= 0.3 is 0 Å². The maximum atomic E-state index is 12.6. The summed E-state index contributed by atoms with van der Waals surface area (Å²) in [4.78, 5) is 30.5. The van der Waals surface area contributed by atoms with Gasteiger partial charge in [0.15, 0.2) is 5.65 Å². The highest BCUT2D eigenvalue weighted by molar-refractivity contribution is 5.99. The Morgan fingerprint density at radius 2 is 2.38 bits per heavy atom. The van der Waals surface area contributed by atoms with Gasteiger partial charge in [0, 0.05) is 44.1 Å². The average molecular weight is 290 g/mol. The third-order valence-corrected chi connectivity index (χ3v) is 3.83. The Hall–Kier alpha value is -2.15. The number of fused-ring (bicyclic) bond motifs is 1. The molecule has 1 fully saturated rings. The predicted molar refractivity (Wildman–Crippen MR) is 76.4 cm³/mol. The van der Waals surface area contributed by atoms with Crippen LogP contribution in [-0.4, -0.2) is 52.2 Å². The van der Waals surface area contributed by atoms with Crippen LogP contribution in [0.25, 0.3) is 5.65 Å². The highest BCUT2D eigenvalue weighted by atomic mass is 16.5. The van der Waals surface area contributed by atoms with Crippen molar-refractivity contribution in [1.82, 2.24) is 19.5 Å². The quantitative estimate of drug-likeness (QED) is 0.889. The van der Waals surface area contributed by atoms with E-state index in [4.69, 9.17) is 4.74 Å². The fraction of sp³-hybridized carbons (Fsp3) is 0.500. The van der Waals surface area contributed by atoms with Gasteiger partial charge in [0.05, 0.1) is 6.61 Å². The van der Waals surface area contributed by atoms with Gasteiger partial charge in [0.1, 0.15) is 5.56 Å². The lowest BCUT2D eigenvalue weighted by Gasteiger charge is -2.15. The van der Waals surface area contributed by atoms with Crippen molar-refractivity contribution in [3.05, 3.63) is 33.9 Å². The number of ether oxygens (including phenoxy) is 1. The molecule has 1 aliphatic heterocycles. The molecule has 1 saturated heterocycles. The van der Waals surface area contributed by atoms with Gasteiger partial charge in [-0.15, -0.1) is 0 Å². The molecule has 1 amide bonds. The predicted octanol–water partition coefficient (Wildman–Crippen LogP) is 0.440. The maximum absolute atomic E-state index is 12.6. The number of amides is 1. The molecule has 0 spiro atoms. The van der Waals surface area contributed by atoms with Gasteiger partial charge in [-0.25, -0.2) is 9.50 Å². The van der Waals surface area contributed by atoms with E-state index in [2.05, 4.69) is 10.1 Å². The number of aryl methyl sites for hydroxylation is 1. The molecule has 2 aromatic heterocycles. The average Bonchev–Trinajstić information content (AvgIpc) is 3.05. The van der Waals surface area contributed by atoms with Crippen LogP contribution < -0.4 is 5.56 Å². The van der Waals surface area contributed by atoms with E-state index in [1.807, 2.05) is 0 Å². The molecule has 1 atom stereocenters. The molecule has 1 N–H and O–H groups in total. The Balaban J connectivity index is 1.91. The van der Waals surface area contributed by atoms with E-state index in [0.717, 1.165) is 6.42 Å². The summed E-state index contributed by atoms with van der Waals surface area (Å²) in [6.45, 7) is 3.79. The number of carbonyl (C=O) groups excluding carboxylic acids is 1. The summed E-state index contributed by atoms with van der Waals surface area (Å²) in [5.74, 6) is 0.284. The Bertz CT molecular complexity index is 733. The van der Waals surface area contributed by atoms with Gasteiger partial charge < -0.3 is 9.64 Å². The highest BCUT2D eigenvalue weighted by Gasteiger charge is 2.28. The molecule has 1 aliphatic rings. The summed E-state index contributed by atoms with van der Waals surface area (Å²) in [6, 6.07) is 1.43. The van der Waals surface area contributed by atoms with Crippen molar-refractivity contribution >= 4 is 11.6 Å². The number of H-pyrrole nitrogens is 1. The maximum Gasteiger partial charge on any atom is 0.272 e. The molecule has 7 heteroatoms. The lowest BCUT2D eigenvalue weighted by molar-refractivity contribution is 0.0777. The van der Waals surface area contributed by atoms with Gasteiger partial charge in [-0.1, -0.05) is 0 Å². The third-order valence-electron chi connectivity index (χ3n) is 3.83. The first-order chi connectivity index (χ1) is 10.1. The zero-order valence-corrected chi connectivity index (χ0v) is 12.1. The topological polar surface area (TPSA) is 79.7 Å². The second-order valence-corrected chi connectivity index (χ2v) is 5.44. The molecule has 1 unspecified atom stereocenters. The number of carbonyl (C=O) groups is 1. The van der Waals surface area contributed by atoms with Gasteiger partial charge in [-0.2, -0.15) is 0 Å². The van der Waals surface area contributed by atoms with Crippen LogP contribution in [0.3, 0.4) is 0 Å². The second kappa shape index (κ2) is 5.33. The molecule has 3 heterocycles. The minimum atomic E-state index is -0.213. The number of nitrogens with one attached hydrogen (secondary N) is 1. The molecule has 112 valence electrons. The van der Waals surface area contributed by atoms with Gasteiger partial charge in [0.2, 0.25) is 0 Å². The van der Waals surface area contributed by atoms with E-state index in [0.29, 0.717) is 42.5 Å². The van der Waals surface area contributed by atoms with Crippen LogP contribution in [0.1, 0.15) is 22.5 Å². The summed E-state index contributed by atoms with van der Waals surface area (Å²) >= 11 is 0. The first kappa shape index (κ1) is 13.8. The SMILES string of the molecule is COCC1CCN(C(=O)c2c[nH]n3c(=O)cc(C)nc23)C1. The molecule has 0 bridgehead atoms. The summed E-state index contributed by atoms with van der Waals surface area (Å²) < 4.78 is 6.44. The van der Waals surface area contributed by atoms with Crippen LogP contribution in [0.5, 0.6) is 0 Å². The molecule has 0 radical (unpaired) electrons. The van der Waals surface area contributed by atoms with E-state index in [1.54, 1.807) is 25.1 Å². The molecular weight excluding hydrogens is 272 g/mol. The van der Waals surface area contributed by atoms with Crippen LogP contribution in [0.4, 0.5) is 0 Å². The molecule has 3 rings (SSSR count). The highest BCUT2D eigenvalue weighted by Crippen LogP contribution is 2.20. The van der Waals surface area contributed by atoms with Crippen LogP contribution in [0.15, 0.2) is 17.1 Å². The number of nitrogens with zero attached hydrogens (tertiary/aromatic N) is 3. The summed E-state index contributed by atoms with van der Waals surface area (Å²) in [7, 11) is 1.67. The Morgan fingerprint density at radius 1 is 1.57 bits per heavy atom. The molecule has 0 saturated carbocycles.